The van der Waals surface area contributed by atoms with Gasteiger partial charge in [-0.1, -0.05) is 6.07 Å². The minimum atomic E-state index is -0.288. The Morgan fingerprint density at radius 2 is 2.13 bits per heavy atom. The van der Waals surface area contributed by atoms with Crippen LogP contribution >= 0.6 is 0 Å². The van der Waals surface area contributed by atoms with Gasteiger partial charge in [0, 0.05) is 24.0 Å². The van der Waals surface area contributed by atoms with Crippen LogP contribution in [-0.2, 0) is 0 Å². The molecule has 2 aromatic heterocycles. The first-order valence-electron chi connectivity index (χ1n) is 7.57. The molecule has 1 amide bonds. The third-order valence-electron chi connectivity index (χ3n) is 4.12. The Bertz CT molecular complexity index is 672. The average Bonchev–Trinajstić information content (AvgIpc) is 2.58. The summed E-state index contributed by atoms with van der Waals surface area (Å²) in [5, 5.41) is 12.6. The first-order valence-corrected chi connectivity index (χ1v) is 7.57. The number of carbonyl (C=O) groups is 1. The van der Waals surface area contributed by atoms with Gasteiger partial charge in [0.15, 0.2) is 0 Å². The predicted molar refractivity (Wildman–Crippen MR) is 84.0 cm³/mol. The molecule has 0 saturated heterocycles. The van der Waals surface area contributed by atoms with Crippen LogP contribution in [0.2, 0.25) is 0 Å². The van der Waals surface area contributed by atoms with Crippen LogP contribution in [0.15, 0.2) is 42.7 Å². The predicted octanol–water partition coefficient (Wildman–Crippen LogP) is 1.73. The lowest BCUT2D eigenvalue weighted by molar-refractivity contribution is 0.0228. The van der Waals surface area contributed by atoms with E-state index in [1.807, 2.05) is 18.2 Å². The molecule has 1 fully saturated rings. The van der Waals surface area contributed by atoms with E-state index in [1.54, 1.807) is 18.3 Å². The lowest BCUT2D eigenvalue weighted by atomic mass is 9.76. The lowest BCUT2D eigenvalue weighted by Gasteiger charge is -2.37. The van der Waals surface area contributed by atoms with Gasteiger partial charge in [-0.3, -0.25) is 9.78 Å². The van der Waals surface area contributed by atoms with Crippen molar-refractivity contribution in [2.45, 2.75) is 25.0 Å². The highest BCUT2D eigenvalue weighted by Gasteiger charge is 2.36. The number of amides is 1. The summed E-state index contributed by atoms with van der Waals surface area (Å²) in [6.45, 7) is 0. The SMILES string of the molecule is COc1cc(C(=O)NC(c2ccccn2)C2CC(O)C2)ccn1. The van der Waals surface area contributed by atoms with E-state index in [2.05, 4.69) is 15.3 Å². The van der Waals surface area contributed by atoms with Crippen LogP contribution in [-0.4, -0.2) is 34.2 Å². The summed E-state index contributed by atoms with van der Waals surface area (Å²) < 4.78 is 5.05. The van der Waals surface area contributed by atoms with Crippen LogP contribution in [0.1, 0.15) is 34.9 Å². The molecule has 1 aliphatic carbocycles. The van der Waals surface area contributed by atoms with Crippen molar-refractivity contribution in [2.75, 3.05) is 7.11 Å². The standard InChI is InChI=1S/C17H19N3O3/c1-23-15-10-11(5-7-19-15)17(22)20-16(12-8-13(21)9-12)14-4-2-3-6-18-14/h2-7,10,12-13,16,21H,8-9H2,1H3,(H,20,22). The summed E-state index contributed by atoms with van der Waals surface area (Å²) in [4.78, 5) is 20.9. The Hall–Kier alpha value is -2.47. The molecule has 2 N–H and O–H groups in total. The zero-order chi connectivity index (χ0) is 16.2. The molecular weight excluding hydrogens is 294 g/mol. The normalized spacial score (nSPS) is 21.1. The van der Waals surface area contributed by atoms with Gasteiger partial charge in [0.1, 0.15) is 0 Å². The molecule has 0 bridgehead atoms. The van der Waals surface area contributed by atoms with Crippen molar-refractivity contribution in [3.63, 3.8) is 0 Å². The molecule has 1 saturated carbocycles. The molecule has 0 aromatic carbocycles. The van der Waals surface area contributed by atoms with Gasteiger partial charge in [0.2, 0.25) is 5.88 Å². The van der Waals surface area contributed by atoms with Gasteiger partial charge < -0.3 is 15.2 Å². The Kier molecular flexibility index (Phi) is 4.52. The van der Waals surface area contributed by atoms with Gasteiger partial charge in [0.25, 0.3) is 5.91 Å². The van der Waals surface area contributed by atoms with Gasteiger partial charge in [-0.05, 0) is 37.0 Å². The number of rotatable bonds is 5. The number of aliphatic hydroxyl groups excluding tert-OH is 1. The maximum absolute atomic E-state index is 12.5. The van der Waals surface area contributed by atoms with Crippen molar-refractivity contribution in [1.29, 1.82) is 0 Å². The summed E-state index contributed by atoms with van der Waals surface area (Å²) in [5.74, 6) is 0.376. The van der Waals surface area contributed by atoms with E-state index < -0.39 is 0 Å². The topological polar surface area (TPSA) is 84.3 Å². The molecule has 0 aliphatic heterocycles. The van der Waals surface area contributed by atoms with E-state index in [0.29, 0.717) is 24.3 Å². The van der Waals surface area contributed by atoms with Crippen molar-refractivity contribution in [2.24, 2.45) is 5.92 Å². The van der Waals surface area contributed by atoms with Crippen LogP contribution in [0, 0.1) is 5.92 Å². The van der Waals surface area contributed by atoms with Crippen molar-refractivity contribution >= 4 is 5.91 Å². The van der Waals surface area contributed by atoms with Crippen molar-refractivity contribution in [1.82, 2.24) is 15.3 Å². The molecule has 6 heteroatoms. The summed E-state index contributed by atoms with van der Waals surface area (Å²) >= 11 is 0. The van der Waals surface area contributed by atoms with Crippen LogP contribution in [0.3, 0.4) is 0 Å². The molecule has 1 aliphatic rings. The smallest absolute Gasteiger partial charge is 0.252 e. The number of aliphatic hydroxyl groups is 1. The van der Waals surface area contributed by atoms with E-state index in [-0.39, 0.29) is 24.0 Å². The zero-order valence-electron chi connectivity index (χ0n) is 12.8. The fourth-order valence-electron chi connectivity index (χ4n) is 2.78. The fraction of sp³-hybridized carbons (Fsp3) is 0.353. The summed E-state index contributed by atoms with van der Waals surface area (Å²) in [5.41, 5.74) is 1.29. The van der Waals surface area contributed by atoms with Crippen molar-refractivity contribution in [3.8, 4) is 5.88 Å². The van der Waals surface area contributed by atoms with Crippen LogP contribution in [0.5, 0.6) is 5.88 Å². The monoisotopic (exact) mass is 313 g/mol. The van der Waals surface area contributed by atoms with Gasteiger partial charge >= 0.3 is 0 Å². The van der Waals surface area contributed by atoms with E-state index in [4.69, 9.17) is 4.74 Å². The van der Waals surface area contributed by atoms with E-state index in [1.165, 1.54) is 13.3 Å². The van der Waals surface area contributed by atoms with Gasteiger partial charge in [-0.2, -0.15) is 0 Å². The molecule has 0 spiro atoms. The Morgan fingerprint density at radius 3 is 2.78 bits per heavy atom. The number of hydrogen-bond acceptors (Lipinski definition) is 5. The first-order chi connectivity index (χ1) is 11.2. The second kappa shape index (κ2) is 6.75. The minimum Gasteiger partial charge on any atom is -0.481 e. The first kappa shape index (κ1) is 15.4. The number of pyridine rings is 2. The highest BCUT2D eigenvalue weighted by atomic mass is 16.5. The van der Waals surface area contributed by atoms with Gasteiger partial charge in [-0.25, -0.2) is 4.98 Å². The van der Waals surface area contributed by atoms with Crippen LogP contribution < -0.4 is 10.1 Å². The third kappa shape index (κ3) is 3.48. The molecular formula is C17H19N3O3. The molecule has 3 rings (SSSR count). The fourth-order valence-corrected chi connectivity index (χ4v) is 2.78. The molecule has 2 aromatic rings. The Balaban J connectivity index is 1.79. The molecule has 120 valence electrons. The number of ether oxygens (including phenoxy) is 1. The summed E-state index contributed by atoms with van der Waals surface area (Å²) in [6, 6.07) is 8.65. The largest absolute Gasteiger partial charge is 0.481 e. The van der Waals surface area contributed by atoms with Gasteiger partial charge in [-0.15, -0.1) is 0 Å². The molecule has 1 unspecified atom stereocenters. The molecule has 1 atom stereocenters. The van der Waals surface area contributed by atoms with Crippen LogP contribution in [0.4, 0.5) is 0 Å². The highest BCUT2D eigenvalue weighted by Crippen LogP contribution is 2.37. The second-order valence-corrected chi connectivity index (χ2v) is 5.68. The molecule has 0 radical (unpaired) electrons. The second-order valence-electron chi connectivity index (χ2n) is 5.68. The van der Waals surface area contributed by atoms with E-state index in [0.717, 1.165) is 5.69 Å². The summed E-state index contributed by atoms with van der Waals surface area (Å²) in [7, 11) is 1.51. The van der Waals surface area contributed by atoms with Crippen LogP contribution in [0.25, 0.3) is 0 Å². The maximum atomic E-state index is 12.5. The molecule has 23 heavy (non-hydrogen) atoms. The summed E-state index contributed by atoms with van der Waals surface area (Å²) in [6.07, 6.45) is 4.29. The number of carbonyl (C=O) groups excluding carboxylic acids is 1. The minimum absolute atomic E-state index is 0.188. The average molecular weight is 313 g/mol. The van der Waals surface area contributed by atoms with E-state index >= 15 is 0 Å². The third-order valence-corrected chi connectivity index (χ3v) is 4.12. The number of aromatic nitrogens is 2. The number of hydrogen-bond donors (Lipinski definition) is 2. The van der Waals surface area contributed by atoms with Gasteiger partial charge in [0.05, 0.1) is 24.9 Å². The Morgan fingerprint density at radius 1 is 1.30 bits per heavy atom. The lowest BCUT2D eigenvalue weighted by Crippen LogP contribution is -2.41. The molecule has 6 nitrogen and oxygen atoms in total. The highest BCUT2D eigenvalue weighted by molar-refractivity contribution is 5.94. The maximum Gasteiger partial charge on any atom is 0.252 e. The van der Waals surface area contributed by atoms with Crippen molar-refractivity contribution in [3.05, 3.63) is 54.0 Å². The quantitative estimate of drug-likeness (QED) is 0.878. The number of nitrogens with one attached hydrogen (secondary N) is 1. The molecule has 2 heterocycles. The zero-order valence-corrected chi connectivity index (χ0v) is 12.8. The van der Waals surface area contributed by atoms with Crippen molar-refractivity contribution < 1.29 is 14.6 Å². The Labute approximate surface area is 134 Å². The van der Waals surface area contributed by atoms with E-state index in [9.17, 15) is 9.90 Å². The number of methoxy groups -OCH3 is 1. The number of nitrogens with zero attached hydrogens (tertiary/aromatic N) is 2.